The second-order valence-corrected chi connectivity index (χ2v) is 6.93. The van der Waals surface area contributed by atoms with Crippen LogP contribution >= 0.6 is 11.6 Å². The minimum atomic E-state index is -3.93. The molecule has 2 aromatic rings. The molecule has 3 N–H and O–H groups in total. The number of hydrogen-bond donors (Lipinski definition) is 2. The molecule has 3 rings (SSSR count). The first-order chi connectivity index (χ1) is 10.4. The van der Waals surface area contributed by atoms with Crippen LogP contribution in [-0.2, 0) is 14.6 Å². The van der Waals surface area contributed by atoms with Crippen LogP contribution in [0.2, 0.25) is 5.02 Å². The van der Waals surface area contributed by atoms with Gasteiger partial charge >= 0.3 is 0 Å². The van der Waals surface area contributed by atoms with E-state index in [0.29, 0.717) is 16.3 Å². The van der Waals surface area contributed by atoms with E-state index in [-0.39, 0.29) is 10.6 Å². The lowest BCUT2D eigenvalue weighted by Gasteiger charge is -2.10. The lowest BCUT2D eigenvalue weighted by Crippen LogP contribution is -2.20. The maximum absolute atomic E-state index is 12.5. The highest BCUT2D eigenvalue weighted by Gasteiger charge is 2.39. The van der Waals surface area contributed by atoms with Crippen LogP contribution in [-0.4, -0.2) is 14.3 Å². The Kier molecular flexibility index (Phi) is 3.42. The van der Waals surface area contributed by atoms with Crippen molar-refractivity contribution in [1.29, 1.82) is 0 Å². The Morgan fingerprint density at radius 1 is 1.05 bits per heavy atom. The quantitative estimate of drug-likeness (QED) is 0.902. The van der Waals surface area contributed by atoms with Gasteiger partial charge in [0.15, 0.2) is 4.91 Å². The standard InChI is InChI=1S/C15H11ClN2O3S/c16-10-6-2-3-7-11(10)18-13-9-5-1-4-8-12(9)22(20,21)14(13)15(17)19/h1-8,18H,(H2,17,19). The lowest BCUT2D eigenvalue weighted by atomic mass is 10.1. The first-order valence-electron chi connectivity index (χ1n) is 6.33. The fourth-order valence-corrected chi connectivity index (χ4v) is 4.17. The van der Waals surface area contributed by atoms with Crippen LogP contribution in [0, 0.1) is 0 Å². The molecule has 1 aliphatic heterocycles. The number of nitrogens with two attached hydrogens (primary N) is 1. The number of benzene rings is 2. The number of rotatable bonds is 3. The summed E-state index contributed by atoms with van der Waals surface area (Å²) in [6, 6.07) is 13.2. The summed E-state index contributed by atoms with van der Waals surface area (Å²) < 4.78 is 25.0. The molecule has 0 aliphatic carbocycles. The smallest absolute Gasteiger partial charge is 0.262 e. The molecular weight excluding hydrogens is 324 g/mol. The molecule has 0 bridgehead atoms. The maximum atomic E-state index is 12.5. The Hall–Kier alpha value is -2.31. The Labute approximate surface area is 132 Å². The van der Waals surface area contributed by atoms with Crippen molar-refractivity contribution in [1.82, 2.24) is 0 Å². The van der Waals surface area contributed by atoms with Gasteiger partial charge in [0.25, 0.3) is 5.91 Å². The van der Waals surface area contributed by atoms with Crippen molar-refractivity contribution in [3.63, 3.8) is 0 Å². The van der Waals surface area contributed by atoms with Gasteiger partial charge in [-0.3, -0.25) is 4.79 Å². The van der Waals surface area contributed by atoms with Crippen molar-refractivity contribution < 1.29 is 13.2 Å². The van der Waals surface area contributed by atoms with E-state index in [9.17, 15) is 13.2 Å². The fourth-order valence-electron chi connectivity index (χ4n) is 2.35. The monoisotopic (exact) mass is 334 g/mol. The first kappa shape index (κ1) is 14.6. The summed E-state index contributed by atoms with van der Waals surface area (Å²) in [5.41, 5.74) is 6.33. The van der Waals surface area contributed by atoms with E-state index in [1.54, 1.807) is 42.5 Å². The molecule has 7 heteroatoms. The number of sulfone groups is 1. The van der Waals surface area contributed by atoms with Crippen molar-refractivity contribution in [3.8, 4) is 0 Å². The molecule has 0 atom stereocenters. The largest absolute Gasteiger partial charge is 0.365 e. The van der Waals surface area contributed by atoms with Crippen molar-refractivity contribution in [2.75, 3.05) is 5.32 Å². The average molecular weight is 335 g/mol. The second-order valence-electron chi connectivity index (χ2n) is 4.67. The van der Waals surface area contributed by atoms with Gasteiger partial charge in [-0.1, -0.05) is 41.9 Å². The van der Waals surface area contributed by atoms with Gasteiger partial charge in [0, 0.05) is 5.56 Å². The SMILES string of the molecule is NC(=O)C1=C(Nc2ccccc2Cl)c2ccccc2S1(=O)=O. The van der Waals surface area contributed by atoms with E-state index >= 15 is 0 Å². The summed E-state index contributed by atoms with van der Waals surface area (Å²) in [5, 5.41) is 3.32. The van der Waals surface area contributed by atoms with E-state index in [0.717, 1.165) is 0 Å². The van der Waals surface area contributed by atoms with Crippen LogP contribution in [0.15, 0.2) is 58.3 Å². The highest BCUT2D eigenvalue weighted by Crippen LogP contribution is 2.40. The molecule has 0 saturated heterocycles. The van der Waals surface area contributed by atoms with Crippen molar-refractivity contribution >= 4 is 38.7 Å². The fraction of sp³-hybridized carbons (Fsp3) is 0. The van der Waals surface area contributed by atoms with Gasteiger partial charge in [-0.2, -0.15) is 0 Å². The topological polar surface area (TPSA) is 89.3 Å². The van der Waals surface area contributed by atoms with Gasteiger partial charge in [-0.15, -0.1) is 0 Å². The molecule has 0 spiro atoms. The third-order valence-electron chi connectivity index (χ3n) is 3.30. The summed E-state index contributed by atoms with van der Waals surface area (Å²) >= 11 is 6.08. The van der Waals surface area contributed by atoms with E-state index in [2.05, 4.69) is 5.32 Å². The van der Waals surface area contributed by atoms with E-state index in [1.165, 1.54) is 6.07 Å². The van der Waals surface area contributed by atoms with Gasteiger partial charge in [0.2, 0.25) is 9.84 Å². The normalized spacial score (nSPS) is 15.5. The van der Waals surface area contributed by atoms with Gasteiger partial charge in [-0.05, 0) is 18.2 Å². The number of para-hydroxylation sites is 1. The van der Waals surface area contributed by atoms with Gasteiger partial charge in [0.1, 0.15) is 0 Å². The highest BCUT2D eigenvalue weighted by molar-refractivity contribution is 7.97. The number of fused-ring (bicyclic) bond motifs is 1. The molecule has 1 amide bonds. The maximum Gasteiger partial charge on any atom is 0.262 e. The molecule has 22 heavy (non-hydrogen) atoms. The van der Waals surface area contributed by atoms with E-state index in [4.69, 9.17) is 17.3 Å². The highest BCUT2D eigenvalue weighted by atomic mass is 35.5. The molecule has 1 aliphatic rings. The van der Waals surface area contributed by atoms with Gasteiger partial charge < -0.3 is 11.1 Å². The number of carbonyl (C=O) groups is 1. The third-order valence-corrected chi connectivity index (χ3v) is 5.51. The van der Waals surface area contributed by atoms with Gasteiger partial charge in [-0.25, -0.2) is 8.42 Å². The molecule has 0 unspecified atom stereocenters. The molecule has 0 radical (unpaired) electrons. The number of primary amides is 1. The van der Waals surface area contributed by atoms with Crippen molar-refractivity contribution in [2.24, 2.45) is 5.73 Å². The Balaban J connectivity index is 2.24. The van der Waals surface area contributed by atoms with E-state index < -0.39 is 20.6 Å². The van der Waals surface area contributed by atoms with Crippen molar-refractivity contribution in [2.45, 2.75) is 4.90 Å². The van der Waals surface area contributed by atoms with E-state index in [1.807, 2.05) is 0 Å². The number of anilines is 1. The van der Waals surface area contributed by atoms with Crippen LogP contribution in [0.1, 0.15) is 5.56 Å². The molecule has 2 aromatic carbocycles. The molecule has 5 nitrogen and oxygen atoms in total. The summed E-state index contributed by atoms with van der Waals surface area (Å²) in [5.74, 6) is -1.01. The molecule has 0 fully saturated rings. The number of carbonyl (C=O) groups excluding carboxylic acids is 1. The van der Waals surface area contributed by atoms with Crippen molar-refractivity contribution in [3.05, 3.63) is 64.0 Å². The second kappa shape index (κ2) is 5.15. The number of nitrogens with one attached hydrogen (secondary N) is 1. The summed E-state index contributed by atoms with van der Waals surface area (Å²) in [6.07, 6.45) is 0. The Morgan fingerprint density at radius 3 is 2.36 bits per heavy atom. The van der Waals surface area contributed by atoms with Crippen LogP contribution in [0.3, 0.4) is 0 Å². The zero-order valence-corrected chi connectivity index (χ0v) is 12.8. The summed E-state index contributed by atoms with van der Waals surface area (Å²) in [7, 11) is -3.93. The minimum absolute atomic E-state index is 0.0540. The zero-order valence-electron chi connectivity index (χ0n) is 11.2. The predicted octanol–water partition coefficient (Wildman–Crippen LogP) is 2.39. The molecular formula is C15H11ClN2O3S. The predicted molar refractivity (Wildman–Crippen MR) is 84.8 cm³/mol. The molecule has 112 valence electrons. The van der Waals surface area contributed by atoms with Gasteiger partial charge in [0.05, 0.1) is 21.3 Å². The third kappa shape index (κ3) is 2.17. The molecule has 0 saturated carbocycles. The number of hydrogen-bond acceptors (Lipinski definition) is 4. The molecule has 0 aromatic heterocycles. The summed E-state index contributed by atoms with van der Waals surface area (Å²) in [4.78, 5) is 11.3. The van der Waals surface area contributed by atoms with Crippen LogP contribution in [0.5, 0.6) is 0 Å². The van der Waals surface area contributed by atoms with Crippen LogP contribution < -0.4 is 11.1 Å². The average Bonchev–Trinajstić information content (AvgIpc) is 2.70. The van der Waals surface area contributed by atoms with Crippen LogP contribution in [0.25, 0.3) is 5.70 Å². The minimum Gasteiger partial charge on any atom is -0.365 e. The lowest BCUT2D eigenvalue weighted by molar-refractivity contribution is -0.113. The Morgan fingerprint density at radius 2 is 1.68 bits per heavy atom. The number of amides is 1. The first-order valence-corrected chi connectivity index (χ1v) is 8.19. The number of halogens is 1. The summed E-state index contributed by atoms with van der Waals surface area (Å²) in [6.45, 7) is 0. The molecule has 1 heterocycles. The Bertz CT molecular complexity index is 920. The zero-order chi connectivity index (χ0) is 15.9. The van der Waals surface area contributed by atoms with Crippen LogP contribution in [0.4, 0.5) is 5.69 Å².